The zero-order chi connectivity index (χ0) is 19.8. The van der Waals surface area contributed by atoms with Gasteiger partial charge in [-0.2, -0.15) is 0 Å². The average Bonchev–Trinajstić information content (AvgIpc) is 3.09. The number of ether oxygens (including phenoxy) is 1. The number of pyridine rings is 1. The van der Waals surface area contributed by atoms with Crippen LogP contribution in [0.4, 0.5) is 0 Å². The predicted molar refractivity (Wildman–Crippen MR) is 118 cm³/mol. The SMILES string of the molecule is O=C1OC(N2CCCCC2)c2nc3ccccc3c(/C=C/c3ccc(Br)cc3)c21. The maximum atomic E-state index is 12.9. The number of carbonyl (C=O) groups is 1. The first-order valence-corrected chi connectivity index (χ1v) is 10.8. The third-order valence-corrected chi connectivity index (χ3v) is 6.18. The number of para-hydroxylation sites is 1. The first-order chi connectivity index (χ1) is 14.2. The molecule has 146 valence electrons. The molecule has 0 aliphatic carbocycles. The van der Waals surface area contributed by atoms with E-state index in [0.717, 1.165) is 58.1 Å². The minimum atomic E-state index is -0.373. The van der Waals surface area contributed by atoms with Crippen LogP contribution in [-0.2, 0) is 4.74 Å². The third-order valence-electron chi connectivity index (χ3n) is 5.65. The van der Waals surface area contributed by atoms with Crippen molar-refractivity contribution in [1.29, 1.82) is 0 Å². The Bertz CT molecular complexity index is 1100. The molecule has 1 unspecified atom stereocenters. The number of halogens is 1. The van der Waals surface area contributed by atoms with Crippen molar-refractivity contribution in [2.45, 2.75) is 25.5 Å². The van der Waals surface area contributed by atoms with Gasteiger partial charge in [-0.3, -0.25) is 4.90 Å². The molecule has 1 fully saturated rings. The van der Waals surface area contributed by atoms with Gasteiger partial charge in [0.1, 0.15) is 5.69 Å². The first kappa shape index (κ1) is 18.5. The Kier molecular flexibility index (Phi) is 4.94. The van der Waals surface area contributed by atoms with Crippen molar-refractivity contribution in [3.63, 3.8) is 0 Å². The van der Waals surface area contributed by atoms with Gasteiger partial charge >= 0.3 is 5.97 Å². The minimum Gasteiger partial charge on any atom is -0.437 e. The van der Waals surface area contributed by atoms with Crippen LogP contribution in [-0.4, -0.2) is 28.9 Å². The van der Waals surface area contributed by atoms with Gasteiger partial charge in [0.05, 0.1) is 11.1 Å². The van der Waals surface area contributed by atoms with Crippen molar-refractivity contribution in [3.05, 3.63) is 75.4 Å². The number of esters is 1. The standard InChI is InChI=1S/C24H21BrN2O2/c25-17-11-8-16(9-12-17)10-13-19-18-6-2-3-7-20(18)26-22-21(19)24(28)29-23(22)27-14-4-1-5-15-27/h2-3,6-13,23H,1,4-5,14-15H2/b13-10+. The molecule has 0 amide bonds. The molecule has 2 aliphatic rings. The first-order valence-electron chi connectivity index (χ1n) is 10.0. The Hall–Kier alpha value is -2.50. The monoisotopic (exact) mass is 448 g/mol. The van der Waals surface area contributed by atoms with Crippen LogP contribution < -0.4 is 0 Å². The summed E-state index contributed by atoms with van der Waals surface area (Å²) in [6, 6.07) is 16.1. The summed E-state index contributed by atoms with van der Waals surface area (Å²) < 4.78 is 6.88. The van der Waals surface area contributed by atoms with Gasteiger partial charge in [-0.25, -0.2) is 9.78 Å². The van der Waals surface area contributed by atoms with E-state index in [1.54, 1.807) is 0 Å². The van der Waals surface area contributed by atoms with E-state index in [1.807, 2.05) is 60.7 Å². The second kappa shape index (κ2) is 7.73. The van der Waals surface area contributed by atoms with Crippen molar-refractivity contribution >= 4 is 45.0 Å². The molecule has 4 nitrogen and oxygen atoms in total. The van der Waals surface area contributed by atoms with E-state index in [-0.39, 0.29) is 12.2 Å². The summed E-state index contributed by atoms with van der Waals surface area (Å²) in [5, 5.41) is 0.968. The van der Waals surface area contributed by atoms with Crippen LogP contribution >= 0.6 is 15.9 Å². The molecule has 0 spiro atoms. The number of hydrogen-bond acceptors (Lipinski definition) is 4. The molecule has 5 heteroatoms. The number of fused-ring (bicyclic) bond motifs is 2. The fourth-order valence-corrected chi connectivity index (χ4v) is 4.46. The lowest BCUT2D eigenvalue weighted by atomic mass is 9.99. The minimum absolute atomic E-state index is 0.274. The number of aromatic nitrogens is 1. The Morgan fingerprint density at radius 2 is 1.76 bits per heavy atom. The maximum absolute atomic E-state index is 12.9. The number of benzene rings is 2. The highest BCUT2D eigenvalue weighted by atomic mass is 79.9. The highest BCUT2D eigenvalue weighted by Gasteiger charge is 2.39. The Morgan fingerprint density at radius 3 is 2.55 bits per heavy atom. The van der Waals surface area contributed by atoms with E-state index in [1.165, 1.54) is 6.42 Å². The molecule has 0 radical (unpaired) electrons. The lowest BCUT2D eigenvalue weighted by Gasteiger charge is -2.30. The van der Waals surface area contributed by atoms with Gasteiger partial charge in [-0.15, -0.1) is 0 Å². The van der Waals surface area contributed by atoms with Crippen molar-refractivity contribution in [1.82, 2.24) is 9.88 Å². The zero-order valence-corrected chi connectivity index (χ0v) is 17.6. The maximum Gasteiger partial charge on any atom is 0.342 e. The second-order valence-corrected chi connectivity index (χ2v) is 8.46. The van der Waals surface area contributed by atoms with Gasteiger partial charge in [0.2, 0.25) is 0 Å². The van der Waals surface area contributed by atoms with E-state index in [9.17, 15) is 4.79 Å². The molecule has 3 aromatic rings. The smallest absolute Gasteiger partial charge is 0.342 e. The highest BCUT2D eigenvalue weighted by molar-refractivity contribution is 9.10. The molecule has 0 saturated carbocycles. The number of rotatable bonds is 3. The van der Waals surface area contributed by atoms with Gasteiger partial charge in [-0.05, 0) is 36.6 Å². The van der Waals surface area contributed by atoms with E-state index in [0.29, 0.717) is 5.56 Å². The summed E-state index contributed by atoms with van der Waals surface area (Å²) in [6.45, 7) is 1.88. The molecule has 2 aliphatic heterocycles. The van der Waals surface area contributed by atoms with E-state index < -0.39 is 0 Å². The molecular weight excluding hydrogens is 428 g/mol. The molecule has 3 heterocycles. The Balaban J connectivity index is 1.64. The zero-order valence-electron chi connectivity index (χ0n) is 16.0. The lowest BCUT2D eigenvalue weighted by Crippen LogP contribution is -2.34. The molecule has 29 heavy (non-hydrogen) atoms. The lowest BCUT2D eigenvalue weighted by molar-refractivity contribution is -0.0316. The van der Waals surface area contributed by atoms with Crippen LogP contribution in [0.2, 0.25) is 0 Å². The van der Waals surface area contributed by atoms with Crippen LogP contribution in [0.25, 0.3) is 23.1 Å². The summed E-state index contributed by atoms with van der Waals surface area (Å²) in [5.41, 5.74) is 4.21. The van der Waals surface area contributed by atoms with E-state index >= 15 is 0 Å². The van der Waals surface area contributed by atoms with Crippen LogP contribution in [0.5, 0.6) is 0 Å². The molecule has 0 N–H and O–H groups in total. The molecule has 1 saturated heterocycles. The summed E-state index contributed by atoms with van der Waals surface area (Å²) >= 11 is 3.47. The van der Waals surface area contributed by atoms with Crippen LogP contribution in [0.15, 0.2) is 53.0 Å². The van der Waals surface area contributed by atoms with Crippen LogP contribution in [0.3, 0.4) is 0 Å². The average molecular weight is 449 g/mol. The fourth-order valence-electron chi connectivity index (χ4n) is 4.19. The summed E-state index contributed by atoms with van der Waals surface area (Å²) in [4.78, 5) is 20.0. The van der Waals surface area contributed by atoms with Gasteiger partial charge in [-0.1, -0.05) is 64.8 Å². The van der Waals surface area contributed by atoms with Crippen molar-refractivity contribution < 1.29 is 9.53 Å². The quantitative estimate of drug-likeness (QED) is 0.473. The predicted octanol–water partition coefficient (Wildman–Crippen LogP) is 5.82. The third kappa shape index (κ3) is 3.49. The van der Waals surface area contributed by atoms with Gasteiger partial charge in [0.25, 0.3) is 0 Å². The number of cyclic esters (lactones) is 1. The molecule has 0 bridgehead atoms. The largest absolute Gasteiger partial charge is 0.437 e. The van der Waals surface area contributed by atoms with Crippen LogP contribution in [0, 0.1) is 0 Å². The van der Waals surface area contributed by atoms with E-state index in [2.05, 4.69) is 20.8 Å². The van der Waals surface area contributed by atoms with E-state index in [4.69, 9.17) is 9.72 Å². The number of carbonyl (C=O) groups excluding carboxylic acids is 1. The summed E-state index contributed by atoms with van der Waals surface area (Å²) in [6.07, 6.45) is 7.18. The molecular formula is C24H21BrN2O2. The van der Waals surface area contributed by atoms with Gasteiger partial charge < -0.3 is 4.74 Å². The van der Waals surface area contributed by atoms with Crippen molar-refractivity contribution in [2.75, 3.05) is 13.1 Å². The number of likely N-dealkylation sites (tertiary alicyclic amines) is 1. The topological polar surface area (TPSA) is 42.4 Å². The van der Waals surface area contributed by atoms with Gasteiger partial charge in [0, 0.05) is 28.5 Å². The second-order valence-electron chi connectivity index (χ2n) is 7.54. The highest BCUT2D eigenvalue weighted by Crippen LogP contribution is 2.38. The fraction of sp³-hybridized carbons (Fsp3) is 0.250. The summed E-state index contributed by atoms with van der Waals surface area (Å²) in [7, 11) is 0. The van der Waals surface area contributed by atoms with Crippen molar-refractivity contribution in [3.8, 4) is 0 Å². The molecule has 2 aromatic carbocycles. The van der Waals surface area contributed by atoms with Crippen molar-refractivity contribution in [2.24, 2.45) is 0 Å². The number of piperidine rings is 1. The number of nitrogens with zero attached hydrogens (tertiary/aromatic N) is 2. The molecule has 1 atom stereocenters. The number of hydrogen-bond donors (Lipinski definition) is 0. The summed E-state index contributed by atoms with van der Waals surface area (Å²) in [5.74, 6) is -0.274. The Morgan fingerprint density at radius 1 is 1.00 bits per heavy atom. The van der Waals surface area contributed by atoms with Gasteiger partial charge in [0.15, 0.2) is 6.23 Å². The molecule has 1 aromatic heterocycles. The van der Waals surface area contributed by atoms with Crippen LogP contribution in [0.1, 0.15) is 52.7 Å². The molecule has 5 rings (SSSR count). The Labute approximate surface area is 178 Å². The normalized spacial score (nSPS) is 19.6.